The minimum atomic E-state index is -0.00949. The second-order valence-electron chi connectivity index (χ2n) is 12.3. The maximum Gasteiger partial charge on any atom is 0.234 e. The second kappa shape index (κ2) is 9.23. The maximum atomic E-state index is 4.89. The smallest absolute Gasteiger partial charge is 0.234 e. The third-order valence-corrected chi connectivity index (χ3v) is 9.54. The van der Waals surface area contributed by atoms with E-state index < -0.39 is 0 Å². The Morgan fingerprint density at radius 2 is 1.14 bits per heavy atom. The number of fused-ring (bicyclic) bond motifs is 8. The quantitative estimate of drug-likeness (QED) is 0.214. The molecule has 1 aliphatic carbocycles. The monoisotopic (exact) mass is 563 g/mol. The van der Waals surface area contributed by atoms with Gasteiger partial charge in [0.15, 0.2) is 0 Å². The summed E-state index contributed by atoms with van der Waals surface area (Å²) in [5.41, 5.74) is 12.2. The van der Waals surface area contributed by atoms with E-state index in [1.165, 1.54) is 54.9 Å². The molecule has 1 aliphatic rings. The van der Waals surface area contributed by atoms with E-state index in [2.05, 4.69) is 146 Å². The fourth-order valence-corrected chi connectivity index (χ4v) is 7.28. The molecular weight excluding hydrogens is 534 g/mol. The Kier molecular flexibility index (Phi) is 5.24. The standard InChI is InChI=1S/C41H29N3/c1-41(2)35-13-7-5-11-32(35)33-21-19-29(23-36(33)41)26-15-17-27(18-16-26)30-24-42-40(43-25-30)44-37-14-8-6-12-34(37)39-31-10-4-3-9-28(31)20-22-38(39)44/h3-25H,1-2H3. The van der Waals surface area contributed by atoms with E-state index in [4.69, 9.17) is 9.97 Å². The van der Waals surface area contributed by atoms with Crippen molar-refractivity contribution in [1.29, 1.82) is 0 Å². The first-order chi connectivity index (χ1) is 21.6. The molecule has 0 atom stereocenters. The third-order valence-electron chi connectivity index (χ3n) is 9.54. The van der Waals surface area contributed by atoms with Crippen molar-refractivity contribution < 1.29 is 0 Å². The second-order valence-corrected chi connectivity index (χ2v) is 12.3. The molecular formula is C41H29N3. The van der Waals surface area contributed by atoms with E-state index in [1.54, 1.807) is 0 Å². The Hall–Kier alpha value is -5.54. The molecule has 9 rings (SSSR count). The Balaban J connectivity index is 1.07. The molecule has 3 nitrogen and oxygen atoms in total. The fraction of sp³-hybridized carbons (Fsp3) is 0.0732. The zero-order valence-electron chi connectivity index (χ0n) is 24.6. The number of nitrogens with zero attached hydrogens (tertiary/aromatic N) is 3. The van der Waals surface area contributed by atoms with Gasteiger partial charge in [-0.05, 0) is 67.9 Å². The van der Waals surface area contributed by atoms with Crippen molar-refractivity contribution in [2.24, 2.45) is 0 Å². The zero-order chi connectivity index (χ0) is 29.4. The van der Waals surface area contributed by atoms with Crippen LogP contribution in [0.25, 0.3) is 71.9 Å². The van der Waals surface area contributed by atoms with Crippen molar-refractivity contribution in [3.8, 4) is 39.3 Å². The summed E-state index contributed by atoms with van der Waals surface area (Å²) < 4.78 is 2.18. The van der Waals surface area contributed by atoms with Gasteiger partial charge in [-0.15, -0.1) is 0 Å². The minimum Gasteiger partial charge on any atom is -0.278 e. The van der Waals surface area contributed by atoms with Crippen LogP contribution in [0.4, 0.5) is 0 Å². The average molecular weight is 564 g/mol. The number of hydrogen-bond donors (Lipinski definition) is 0. The largest absolute Gasteiger partial charge is 0.278 e. The van der Waals surface area contributed by atoms with Gasteiger partial charge in [0.1, 0.15) is 0 Å². The van der Waals surface area contributed by atoms with Crippen molar-refractivity contribution in [2.75, 3.05) is 0 Å². The number of rotatable bonds is 3. The molecule has 2 aromatic heterocycles. The first-order valence-corrected chi connectivity index (χ1v) is 15.2. The summed E-state index contributed by atoms with van der Waals surface area (Å²) in [4.78, 5) is 9.77. The molecule has 0 radical (unpaired) electrons. The topological polar surface area (TPSA) is 30.7 Å². The van der Waals surface area contributed by atoms with E-state index in [9.17, 15) is 0 Å². The highest BCUT2D eigenvalue weighted by atomic mass is 15.1. The minimum absolute atomic E-state index is 0.00949. The summed E-state index contributed by atoms with van der Waals surface area (Å²) in [6.07, 6.45) is 3.88. The van der Waals surface area contributed by atoms with Crippen LogP contribution < -0.4 is 0 Å². The number of benzene rings is 6. The lowest BCUT2D eigenvalue weighted by molar-refractivity contribution is 0.660. The maximum absolute atomic E-state index is 4.89. The summed E-state index contributed by atoms with van der Waals surface area (Å²) >= 11 is 0. The molecule has 8 aromatic rings. The highest BCUT2D eigenvalue weighted by molar-refractivity contribution is 6.21. The molecule has 0 saturated carbocycles. The lowest BCUT2D eigenvalue weighted by Crippen LogP contribution is -2.14. The molecule has 0 bridgehead atoms. The van der Waals surface area contributed by atoms with Crippen LogP contribution in [0.1, 0.15) is 25.0 Å². The molecule has 208 valence electrons. The molecule has 44 heavy (non-hydrogen) atoms. The van der Waals surface area contributed by atoms with Gasteiger partial charge in [0, 0.05) is 34.1 Å². The van der Waals surface area contributed by atoms with Gasteiger partial charge in [0.05, 0.1) is 11.0 Å². The predicted molar refractivity (Wildman–Crippen MR) is 182 cm³/mol. The molecule has 0 fully saturated rings. The van der Waals surface area contributed by atoms with Gasteiger partial charge in [-0.1, -0.05) is 123 Å². The molecule has 0 spiro atoms. The Labute approximate surface area is 256 Å². The summed E-state index contributed by atoms with van der Waals surface area (Å²) in [5.74, 6) is 0.675. The summed E-state index contributed by atoms with van der Waals surface area (Å²) in [6, 6.07) is 45.9. The third kappa shape index (κ3) is 3.56. The van der Waals surface area contributed by atoms with Crippen LogP contribution in [0.3, 0.4) is 0 Å². The van der Waals surface area contributed by atoms with Crippen LogP contribution >= 0.6 is 0 Å². The van der Waals surface area contributed by atoms with Crippen molar-refractivity contribution in [3.63, 3.8) is 0 Å². The first-order valence-electron chi connectivity index (χ1n) is 15.2. The van der Waals surface area contributed by atoms with Crippen LogP contribution in [0.15, 0.2) is 140 Å². The van der Waals surface area contributed by atoms with E-state index >= 15 is 0 Å². The highest BCUT2D eigenvalue weighted by Crippen LogP contribution is 2.49. The van der Waals surface area contributed by atoms with E-state index in [0.717, 1.165) is 22.2 Å². The SMILES string of the molecule is CC1(C)c2ccccc2-c2ccc(-c3ccc(-c4cnc(-n5c6ccccc6c6c7ccccc7ccc65)nc4)cc3)cc21. The van der Waals surface area contributed by atoms with Crippen molar-refractivity contribution in [2.45, 2.75) is 19.3 Å². The van der Waals surface area contributed by atoms with Crippen LogP contribution in [0.2, 0.25) is 0 Å². The van der Waals surface area contributed by atoms with Crippen LogP contribution in [0, 0.1) is 0 Å². The van der Waals surface area contributed by atoms with E-state index in [-0.39, 0.29) is 5.41 Å². The molecule has 0 amide bonds. The normalized spacial score (nSPS) is 13.4. The molecule has 3 heteroatoms. The lowest BCUT2D eigenvalue weighted by Gasteiger charge is -2.22. The highest BCUT2D eigenvalue weighted by Gasteiger charge is 2.35. The molecule has 0 N–H and O–H groups in total. The van der Waals surface area contributed by atoms with Gasteiger partial charge in [-0.3, -0.25) is 4.57 Å². The van der Waals surface area contributed by atoms with E-state index in [0.29, 0.717) is 5.95 Å². The molecule has 0 saturated heterocycles. The number of hydrogen-bond acceptors (Lipinski definition) is 2. The van der Waals surface area contributed by atoms with E-state index in [1.807, 2.05) is 12.4 Å². The van der Waals surface area contributed by atoms with Gasteiger partial charge >= 0.3 is 0 Å². The van der Waals surface area contributed by atoms with Crippen molar-refractivity contribution >= 4 is 32.6 Å². The van der Waals surface area contributed by atoms with Gasteiger partial charge in [0.2, 0.25) is 5.95 Å². The molecule has 2 heterocycles. The lowest BCUT2D eigenvalue weighted by atomic mass is 9.81. The number of aromatic nitrogens is 3. The zero-order valence-corrected chi connectivity index (χ0v) is 24.6. The summed E-state index contributed by atoms with van der Waals surface area (Å²) in [6.45, 7) is 4.66. The van der Waals surface area contributed by atoms with Crippen LogP contribution in [-0.2, 0) is 5.41 Å². The Morgan fingerprint density at radius 1 is 0.500 bits per heavy atom. The average Bonchev–Trinajstić information content (AvgIpc) is 3.54. The van der Waals surface area contributed by atoms with Gasteiger partial charge < -0.3 is 0 Å². The van der Waals surface area contributed by atoms with Gasteiger partial charge in [-0.2, -0.15) is 0 Å². The summed E-state index contributed by atoms with van der Waals surface area (Å²) in [5, 5.41) is 4.92. The molecule has 0 unspecified atom stereocenters. The van der Waals surface area contributed by atoms with Crippen molar-refractivity contribution in [1.82, 2.24) is 14.5 Å². The summed E-state index contributed by atoms with van der Waals surface area (Å²) in [7, 11) is 0. The predicted octanol–water partition coefficient (Wildman–Crippen LogP) is 10.4. The number of para-hydroxylation sites is 1. The fourth-order valence-electron chi connectivity index (χ4n) is 7.28. The Bertz CT molecular complexity index is 2390. The Morgan fingerprint density at radius 3 is 1.95 bits per heavy atom. The first kappa shape index (κ1) is 25.0. The van der Waals surface area contributed by atoms with Crippen LogP contribution in [0.5, 0.6) is 0 Å². The molecule has 0 aliphatic heterocycles. The molecule has 6 aromatic carbocycles. The van der Waals surface area contributed by atoms with Crippen LogP contribution in [-0.4, -0.2) is 14.5 Å². The van der Waals surface area contributed by atoms with Gasteiger partial charge in [-0.25, -0.2) is 9.97 Å². The van der Waals surface area contributed by atoms with Gasteiger partial charge in [0.25, 0.3) is 0 Å². The van der Waals surface area contributed by atoms with Crippen molar-refractivity contribution in [3.05, 3.63) is 151 Å².